The Morgan fingerprint density at radius 3 is 2.80 bits per heavy atom. The van der Waals surface area contributed by atoms with Gasteiger partial charge in [0, 0.05) is 31.7 Å². The number of ether oxygens (including phenoxy) is 3. The van der Waals surface area contributed by atoms with Gasteiger partial charge in [0.15, 0.2) is 0 Å². The van der Waals surface area contributed by atoms with Crippen LogP contribution in [0.3, 0.4) is 0 Å². The minimum atomic E-state index is -0.0525. The van der Waals surface area contributed by atoms with Crippen LogP contribution in [0.25, 0.3) is 0 Å². The maximum absolute atomic E-state index is 11.8. The van der Waals surface area contributed by atoms with Gasteiger partial charge in [-0.1, -0.05) is 0 Å². The van der Waals surface area contributed by atoms with Crippen LogP contribution in [0.1, 0.15) is 13.3 Å². The molecule has 1 atom stereocenters. The van der Waals surface area contributed by atoms with Crippen LogP contribution >= 0.6 is 0 Å². The fourth-order valence-electron chi connectivity index (χ4n) is 1.98. The van der Waals surface area contributed by atoms with Crippen molar-refractivity contribution in [1.82, 2.24) is 15.1 Å². The number of rotatable bonds is 6. The second-order valence-electron chi connectivity index (χ2n) is 4.42. The summed E-state index contributed by atoms with van der Waals surface area (Å²) in [6, 6.07) is 3.39. The fraction of sp³-hybridized carbons (Fsp3) is 0.615. The Bertz CT molecular complexity index is 438. The van der Waals surface area contributed by atoms with Gasteiger partial charge >= 0.3 is 0 Å². The highest BCUT2D eigenvalue weighted by atomic mass is 16.5. The Balaban J connectivity index is 1.81. The van der Waals surface area contributed by atoms with Gasteiger partial charge in [0.25, 0.3) is 0 Å². The molecule has 1 aromatic heterocycles. The zero-order valence-electron chi connectivity index (χ0n) is 11.7. The van der Waals surface area contributed by atoms with E-state index in [-0.39, 0.29) is 18.6 Å². The third-order valence-corrected chi connectivity index (χ3v) is 3.04. The van der Waals surface area contributed by atoms with E-state index in [4.69, 9.17) is 14.2 Å². The number of carbonyl (C=O) groups excluding carboxylic acids is 1. The zero-order chi connectivity index (χ0) is 14.4. The molecule has 0 saturated carbocycles. The SMILES string of the molecule is CCOCC(=O)N1CC[C@H](Oc2ccc(OC)nn2)C1. The summed E-state index contributed by atoms with van der Waals surface area (Å²) in [6.07, 6.45) is 0.731. The lowest BCUT2D eigenvalue weighted by molar-refractivity contribution is -0.135. The summed E-state index contributed by atoms with van der Waals surface area (Å²) >= 11 is 0. The fourth-order valence-corrected chi connectivity index (χ4v) is 1.98. The topological polar surface area (TPSA) is 73.8 Å². The molecule has 0 aromatic carbocycles. The molecule has 0 N–H and O–H groups in total. The Kier molecular flexibility index (Phi) is 5.11. The van der Waals surface area contributed by atoms with Crippen molar-refractivity contribution in [1.29, 1.82) is 0 Å². The summed E-state index contributed by atoms with van der Waals surface area (Å²) in [5.41, 5.74) is 0. The number of carbonyl (C=O) groups is 1. The monoisotopic (exact) mass is 281 g/mol. The second kappa shape index (κ2) is 7.04. The molecule has 20 heavy (non-hydrogen) atoms. The van der Waals surface area contributed by atoms with E-state index in [9.17, 15) is 4.79 Å². The quantitative estimate of drug-likeness (QED) is 0.756. The predicted molar refractivity (Wildman–Crippen MR) is 70.7 cm³/mol. The van der Waals surface area contributed by atoms with Crippen molar-refractivity contribution >= 4 is 5.91 Å². The minimum absolute atomic E-state index is 0.00114. The van der Waals surface area contributed by atoms with Crippen LogP contribution in [0.4, 0.5) is 0 Å². The number of nitrogens with zero attached hydrogens (tertiary/aromatic N) is 3. The average molecular weight is 281 g/mol. The smallest absolute Gasteiger partial charge is 0.248 e. The Morgan fingerprint density at radius 2 is 2.15 bits per heavy atom. The molecule has 1 fully saturated rings. The zero-order valence-corrected chi connectivity index (χ0v) is 11.7. The molecule has 0 bridgehead atoms. The first-order valence-electron chi connectivity index (χ1n) is 6.62. The average Bonchev–Trinajstić information content (AvgIpc) is 2.94. The van der Waals surface area contributed by atoms with Crippen LogP contribution in [0, 0.1) is 0 Å². The summed E-state index contributed by atoms with van der Waals surface area (Å²) < 4.78 is 15.7. The van der Waals surface area contributed by atoms with Crippen molar-refractivity contribution in [3.63, 3.8) is 0 Å². The highest BCUT2D eigenvalue weighted by Gasteiger charge is 2.27. The van der Waals surface area contributed by atoms with Crippen LogP contribution in [0.5, 0.6) is 11.8 Å². The van der Waals surface area contributed by atoms with Crippen molar-refractivity contribution < 1.29 is 19.0 Å². The van der Waals surface area contributed by atoms with Crippen LogP contribution in [0.15, 0.2) is 12.1 Å². The molecule has 110 valence electrons. The van der Waals surface area contributed by atoms with Gasteiger partial charge in [-0.25, -0.2) is 0 Å². The number of hydrogen-bond acceptors (Lipinski definition) is 6. The van der Waals surface area contributed by atoms with Crippen molar-refractivity contribution in [3.05, 3.63) is 12.1 Å². The van der Waals surface area contributed by atoms with E-state index < -0.39 is 0 Å². The number of aromatic nitrogens is 2. The summed E-state index contributed by atoms with van der Waals surface area (Å²) in [4.78, 5) is 13.5. The molecular formula is C13H19N3O4. The maximum atomic E-state index is 11.8. The van der Waals surface area contributed by atoms with Gasteiger partial charge in [-0.05, 0) is 6.92 Å². The summed E-state index contributed by atoms with van der Waals surface area (Å²) in [5, 5.41) is 7.74. The number of methoxy groups -OCH3 is 1. The van der Waals surface area contributed by atoms with E-state index in [1.54, 1.807) is 17.0 Å². The van der Waals surface area contributed by atoms with Crippen molar-refractivity contribution in [2.45, 2.75) is 19.4 Å². The molecule has 7 nitrogen and oxygen atoms in total. The van der Waals surface area contributed by atoms with Crippen LogP contribution in [0.2, 0.25) is 0 Å². The summed E-state index contributed by atoms with van der Waals surface area (Å²) in [7, 11) is 1.53. The molecule has 0 aliphatic carbocycles. The molecule has 2 rings (SSSR count). The first-order chi connectivity index (χ1) is 9.72. The van der Waals surface area contributed by atoms with E-state index >= 15 is 0 Å². The van der Waals surface area contributed by atoms with Crippen LogP contribution in [-0.4, -0.2) is 60.5 Å². The standard InChI is InChI=1S/C13H19N3O4/c1-3-19-9-13(17)16-7-6-10(8-16)20-12-5-4-11(18-2)14-15-12/h4-5,10H,3,6-9H2,1-2H3/t10-/m0/s1. The highest BCUT2D eigenvalue weighted by molar-refractivity contribution is 5.77. The molecule has 7 heteroatoms. The first-order valence-corrected chi connectivity index (χ1v) is 6.62. The molecule has 1 saturated heterocycles. The van der Waals surface area contributed by atoms with E-state index in [0.717, 1.165) is 6.42 Å². The van der Waals surface area contributed by atoms with Gasteiger partial charge < -0.3 is 19.1 Å². The van der Waals surface area contributed by atoms with Gasteiger partial charge in [-0.3, -0.25) is 4.79 Å². The lowest BCUT2D eigenvalue weighted by Crippen LogP contribution is -2.33. The van der Waals surface area contributed by atoms with Crippen molar-refractivity contribution in [3.8, 4) is 11.8 Å². The molecular weight excluding hydrogens is 262 g/mol. The van der Waals surface area contributed by atoms with Gasteiger partial charge in [-0.2, -0.15) is 0 Å². The molecule has 2 heterocycles. The Labute approximate surface area is 117 Å². The molecule has 1 aromatic rings. The van der Waals surface area contributed by atoms with E-state index in [0.29, 0.717) is 31.5 Å². The maximum Gasteiger partial charge on any atom is 0.248 e. The molecule has 0 radical (unpaired) electrons. The predicted octanol–water partition coefficient (Wildman–Crippen LogP) is 0.501. The lowest BCUT2D eigenvalue weighted by Gasteiger charge is -2.16. The first kappa shape index (κ1) is 14.5. The number of amides is 1. The second-order valence-corrected chi connectivity index (χ2v) is 4.42. The van der Waals surface area contributed by atoms with E-state index in [1.807, 2.05) is 6.92 Å². The molecule has 1 aliphatic heterocycles. The molecule has 0 unspecified atom stereocenters. The third-order valence-electron chi connectivity index (χ3n) is 3.04. The Hall–Kier alpha value is -1.89. The summed E-state index contributed by atoms with van der Waals surface area (Å²) in [5.74, 6) is 0.881. The number of hydrogen-bond donors (Lipinski definition) is 0. The lowest BCUT2D eigenvalue weighted by atomic mass is 10.3. The molecule has 1 amide bonds. The van der Waals surface area contributed by atoms with E-state index in [1.165, 1.54) is 7.11 Å². The largest absolute Gasteiger partial charge is 0.480 e. The van der Waals surface area contributed by atoms with Gasteiger partial charge in [-0.15, -0.1) is 10.2 Å². The van der Waals surface area contributed by atoms with Crippen molar-refractivity contribution in [2.75, 3.05) is 33.4 Å². The van der Waals surface area contributed by atoms with Crippen LogP contribution in [-0.2, 0) is 9.53 Å². The highest BCUT2D eigenvalue weighted by Crippen LogP contribution is 2.17. The molecule has 1 aliphatic rings. The van der Waals surface area contributed by atoms with Gasteiger partial charge in [0.1, 0.15) is 12.7 Å². The van der Waals surface area contributed by atoms with Crippen LogP contribution < -0.4 is 9.47 Å². The summed E-state index contributed by atoms with van der Waals surface area (Å²) in [6.45, 7) is 3.78. The third kappa shape index (κ3) is 3.80. The normalized spacial score (nSPS) is 18.1. The van der Waals surface area contributed by atoms with E-state index in [2.05, 4.69) is 10.2 Å². The van der Waals surface area contributed by atoms with Crippen molar-refractivity contribution in [2.24, 2.45) is 0 Å². The van der Waals surface area contributed by atoms with Gasteiger partial charge in [0.2, 0.25) is 17.7 Å². The Morgan fingerprint density at radius 1 is 1.40 bits per heavy atom. The minimum Gasteiger partial charge on any atom is -0.480 e. The number of likely N-dealkylation sites (tertiary alicyclic amines) is 1. The van der Waals surface area contributed by atoms with Gasteiger partial charge in [0.05, 0.1) is 13.7 Å². The molecule has 0 spiro atoms.